The molecule has 0 atom stereocenters. The largest absolute Gasteiger partial charge is 0.348 e. The number of carbonyl (C=O) groups is 1. The van der Waals surface area contributed by atoms with E-state index in [9.17, 15) is 4.79 Å². The normalized spacial score (nSPS) is 10.1. The van der Waals surface area contributed by atoms with E-state index >= 15 is 0 Å². The number of rotatable bonds is 5. The van der Waals surface area contributed by atoms with Crippen LogP contribution in [0.25, 0.3) is 0 Å². The van der Waals surface area contributed by atoms with E-state index in [0.717, 1.165) is 13.0 Å². The molecule has 1 N–H and O–H groups in total. The number of carbonyl (C=O) groups excluding carboxylic acids is 1. The fraction of sp³-hybridized carbons (Fsp3) is 0.500. The molecule has 0 unspecified atom stereocenters. The minimum Gasteiger partial charge on any atom is -0.348 e. The SMILES string of the molecule is CN(C)C(=O)CNCCc1cccs1. The minimum absolute atomic E-state index is 0.121. The number of likely N-dealkylation sites (N-methyl/N-ethyl adjacent to an activating group) is 1. The van der Waals surface area contributed by atoms with E-state index in [1.165, 1.54) is 4.88 Å². The van der Waals surface area contributed by atoms with Crippen molar-refractivity contribution in [1.82, 2.24) is 10.2 Å². The Labute approximate surface area is 88.7 Å². The smallest absolute Gasteiger partial charge is 0.236 e. The van der Waals surface area contributed by atoms with Crippen LogP contribution in [0.4, 0.5) is 0 Å². The Balaban J connectivity index is 2.08. The van der Waals surface area contributed by atoms with Crippen LogP contribution >= 0.6 is 11.3 Å². The quantitative estimate of drug-likeness (QED) is 0.738. The molecule has 0 spiro atoms. The molecule has 3 nitrogen and oxygen atoms in total. The first-order chi connectivity index (χ1) is 6.70. The molecule has 0 bridgehead atoms. The van der Waals surface area contributed by atoms with Gasteiger partial charge in [0.2, 0.25) is 5.91 Å². The van der Waals surface area contributed by atoms with Crippen molar-refractivity contribution in [2.24, 2.45) is 0 Å². The Morgan fingerprint density at radius 2 is 2.36 bits per heavy atom. The summed E-state index contributed by atoms with van der Waals surface area (Å²) in [5.41, 5.74) is 0. The third-order valence-corrected chi connectivity index (χ3v) is 2.84. The molecule has 78 valence electrons. The fourth-order valence-electron chi connectivity index (χ4n) is 1.02. The average Bonchev–Trinajstić information content (AvgIpc) is 2.64. The zero-order valence-electron chi connectivity index (χ0n) is 8.62. The Bertz CT molecular complexity index is 270. The van der Waals surface area contributed by atoms with Crippen LogP contribution < -0.4 is 5.32 Å². The highest BCUT2D eigenvalue weighted by Gasteiger charge is 2.01. The summed E-state index contributed by atoms with van der Waals surface area (Å²) in [5, 5.41) is 5.19. The van der Waals surface area contributed by atoms with Gasteiger partial charge >= 0.3 is 0 Å². The van der Waals surface area contributed by atoms with Gasteiger partial charge in [0.15, 0.2) is 0 Å². The molecule has 1 amide bonds. The minimum atomic E-state index is 0.121. The third kappa shape index (κ3) is 3.89. The lowest BCUT2D eigenvalue weighted by atomic mass is 10.3. The second kappa shape index (κ2) is 5.78. The van der Waals surface area contributed by atoms with Gasteiger partial charge in [0, 0.05) is 25.5 Å². The van der Waals surface area contributed by atoms with E-state index < -0.39 is 0 Å². The van der Waals surface area contributed by atoms with Gasteiger partial charge in [-0.25, -0.2) is 0 Å². The number of hydrogen-bond donors (Lipinski definition) is 1. The molecule has 4 heteroatoms. The van der Waals surface area contributed by atoms with Gasteiger partial charge in [0.1, 0.15) is 0 Å². The molecule has 0 saturated heterocycles. The van der Waals surface area contributed by atoms with Crippen LogP contribution in [-0.4, -0.2) is 38.0 Å². The van der Waals surface area contributed by atoms with Crippen molar-refractivity contribution < 1.29 is 4.79 Å². The highest BCUT2D eigenvalue weighted by atomic mass is 32.1. The molecule has 1 rings (SSSR count). The van der Waals surface area contributed by atoms with E-state index in [0.29, 0.717) is 6.54 Å². The second-order valence-corrected chi connectivity index (χ2v) is 4.33. The summed E-state index contributed by atoms with van der Waals surface area (Å²) >= 11 is 1.75. The molecule has 0 aromatic carbocycles. The van der Waals surface area contributed by atoms with Crippen molar-refractivity contribution in [1.29, 1.82) is 0 Å². The van der Waals surface area contributed by atoms with Crippen molar-refractivity contribution in [3.8, 4) is 0 Å². The summed E-state index contributed by atoms with van der Waals surface area (Å²) in [6.07, 6.45) is 0.998. The monoisotopic (exact) mass is 212 g/mol. The molecule has 0 aliphatic carbocycles. The molecular formula is C10H16N2OS. The first-order valence-corrected chi connectivity index (χ1v) is 5.51. The summed E-state index contributed by atoms with van der Waals surface area (Å²) in [6, 6.07) is 4.16. The van der Waals surface area contributed by atoms with Crippen molar-refractivity contribution in [2.75, 3.05) is 27.2 Å². The lowest BCUT2D eigenvalue weighted by Gasteiger charge is -2.10. The highest BCUT2D eigenvalue weighted by Crippen LogP contribution is 2.07. The highest BCUT2D eigenvalue weighted by molar-refractivity contribution is 7.09. The molecule has 1 aromatic rings. The summed E-state index contributed by atoms with van der Waals surface area (Å²) in [5.74, 6) is 0.121. The molecule has 0 aliphatic rings. The topological polar surface area (TPSA) is 32.3 Å². The van der Waals surface area contributed by atoms with Crippen molar-refractivity contribution >= 4 is 17.2 Å². The van der Waals surface area contributed by atoms with Crippen LogP contribution in [0.15, 0.2) is 17.5 Å². The van der Waals surface area contributed by atoms with Crippen molar-refractivity contribution in [3.63, 3.8) is 0 Å². The van der Waals surface area contributed by atoms with E-state index in [1.807, 2.05) is 6.07 Å². The van der Waals surface area contributed by atoms with Gasteiger partial charge in [-0.2, -0.15) is 0 Å². The lowest BCUT2D eigenvalue weighted by Crippen LogP contribution is -2.33. The summed E-state index contributed by atoms with van der Waals surface area (Å²) in [6.45, 7) is 1.29. The Hall–Kier alpha value is -0.870. The van der Waals surface area contributed by atoms with Crippen molar-refractivity contribution in [3.05, 3.63) is 22.4 Å². The zero-order valence-corrected chi connectivity index (χ0v) is 9.43. The second-order valence-electron chi connectivity index (χ2n) is 3.29. The van der Waals surface area contributed by atoms with Gasteiger partial charge in [0.05, 0.1) is 6.54 Å². The number of hydrogen-bond acceptors (Lipinski definition) is 3. The van der Waals surface area contributed by atoms with Gasteiger partial charge in [-0.1, -0.05) is 6.07 Å². The molecule has 1 aromatic heterocycles. The van der Waals surface area contributed by atoms with Crippen LogP contribution in [0.1, 0.15) is 4.88 Å². The van der Waals surface area contributed by atoms with Crippen molar-refractivity contribution in [2.45, 2.75) is 6.42 Å². The standard InChI is InChI=1S/C10H16N2OS/c1-12(2)10(13)8-11-6-5-9-4-3-7-14-9/h3-4,7,11H,5-6,8H2,1-2H3. The zero-order chi connectivity index (χ0) is 10.4. The van der Waals surface area contributed by atoms with Crippen LogP contribution in [0.2, 0.25) is 0 Å². The lowest BCUT2D eigenvalue weighted by molar-refractivity contribution is -0.127. The predicted molar refractivity (Wildman–Crippen MR) is 59.6 cm³/mol. The van der Waals surface area contributed by atoms with E-state index in [4.69, 9.17) is 0 Å². The van der Waals surface area contributed by atoms with Gasteiger partial charge in [-0.3, -0.25) is 4.79 Å². The predicted octanol–water partition coefficient (Wildman–Crippen LogP) is 0.968. The number of amides is 1. The maximum absolute atomic E-state index is 11.2. The summed E-state index contributed by atoms with van der Waals surface area (Å²) in [4.78, 5) is 14.1. The fourth-order valence-corrected chi connectivity index (χ4v) is 1.73. The van der Waals surface area contributed by atoms with Crippen LogP contribution in [-0.2, 0) is 11.2 Å². The van der Waals surface area contributed by atoms with E-state index in [2.05, 4.69) is 16.8 Å². The van der Waals surface area contributed by atoms with Gasteiger partial charge < -0.3 is 10.2 Å². The van der Waals surface area contributed by atoms with Crippen LogP contribution in [0.3, 0.4) is 0 Å². The molecule has 0 aliphatic heterocycles. The summed E-state index contributed by atoms with van der Waals surface area (Å²) in [7, 11) is 3.53. The summed E-state index contributed by atoms with van der Waals surface area (Å²) < 4.78 is 0. The van der Waals surface area contributed by atoms with Gasteiger partial charge in [0.25, 0.3) is 0 Å². The average molecular weight is 212 g/mol. The number of nitrogens with zero attached hydrogens (tertiary/aromatic N) is 1. The molecule has 0 saturated carbocycles. The molecular weight excluding hydrogens is 196 g/mol. The molecule has 0 fully saturated rings. The maximum atomic E-state index is 11.2. The van der Waals surface area contributed by atoms with Crippen LogP contribution in [0.5, 0.6) is 0 Å². The first kappa shape index (κ1) is 11.2. The van der Waals surface area contributed by atoms with E-state index in [1.54, 1.807) is 30.3 Å². The van der Waals surface area contributed by atoms with Gasteiger partial charge in [-0.15, -0.1) is 11.3 Å². The molecule has 1 heterocycles. The number of nitrogens with one attached hydrogen (secondary N) is 1. The van der Waals surface area contributed by atoms with Crippen LogP contribution in [0, 0.1) is 0 Å². The number of thiophene rings is 1. The van der Waals surface area contributed by atoms with Gasteiger partial charge in [-0.05, 0) is 17.9 Å². The third-order valence-electron chi connectivity index (χ3n) is 1.90. The maximum Gasteiger partial charge on any atom is 0.236 e. The molecule has 14 heavy (non-hydrogen) atoms. The first-order valence-electron chi connectivity index (χ1n) is 4.63. The Morgan fingerprint density at radius 3 is 2.93 bits per heavy atom. The Kier molecular flexibility index (Phi) is 4.62. The van der Waals surface area contributed by atoms with E-state index in [-0.39, 0.29) is 5.91 Å². The molecule has 0 radical (unpaired) electrons. The Morgan fingerprint density at radius 1 is 1.57 bits per heavy atom.